The molecule has 0 fully saturated rings. The molecule has 7 nitrogen and oxygen atoms in total. The largest absolute Gasteiger partial charge is 0.372 e. The molecule has 0 atom stereocenters. The fraction of sp³-hybridized carbons (Fsp3) is 0.250. The maximum absolute atomic E-state index is 11.6. The summed E-state index contributed by atoms with van der Waals surface area (Å²) in [5, 5.41) is 15.3. The summed E-state index contributed by atoms with van der Waals surface area (Å²) in [4.78, 5) is 11.6. The van der Waals surface area contributed by atoms with E-state index in [0.717, 1.165) is 22.8 Å². The summed E-state index contributed by atoms with van der Waals surface area (Å²) >= 11 is 0. The second-order valence-corrected chi connectivity index (χ2v) is 5.00. The van der Waals surface area contributed by atoms with E-state index in [1.807, 2.05) is 50.2 Å². The van der Waals surface area contributed by atoms with E-state index in [1.54, 1.807) is 4.52 Å². The van der Waals surface area contributed by atoms with Crippen molar-refractivity contribution in [1.82, 2.24) is 19.8 Å². The molecule has 1 aromatic carbocycles. The maximum Gasteiger partial charge on any atom is 0.250 e. The Morgan fingerprint density at radius 1 is 1.17 bits per heavy atom. The zero-order valence-electron chi connectivity index (χ0n) is 13.0. The number of aromatic nitrogens is 4. The van der Waals surface area contributed by atoms with Crippen molar-refractivity contribution < 1.29 is 9.53 Å². The van der Waals surface area contributed by atoms with Gasteiger partial charge in [-0.3, -0.25) is 4.79 Å². The summed E-state index contributed by atoms with van der Waals surface area (Å²) in [7, 11) is 0. The van der Waals surface area contributed by atoms with Gasteiger partial charge in [-0.15, -0.1) is 10.2 Å². The quantitative estimate of drug-likeness (QED) is 0.780. The molecule has 1 N–H and O–H groups in total. The monoisotopic (exact) mass is 311 g/mol. The average Bonchev–Trinajstić information content (AvgIpc) is 2.94. The smallest absolute Gasteiger partial charge is 0.250 e. The number of anilines is 1. The summed E-state index contributed by atoms with van der Waals surface area (Å²) in [6, 6.07) is 11.3. The summed E-state index contributed by atoms with van der Waals surface area (Å²) in [5.41, 5.74) is 3.20. The van der Waals surface area contributed by atoms with Crippen LogP contribution in [0.5, 0.6) is 0 Å². The zero-order valence-corrected chi connectivity index (χ0v) is 13.0. The van der Waals surface area contributed by atoms with Crippen LogP contribution in [0.2, 0.25) is 0 Å². The van der Waals surface area contributed by atoms with Crippen LogP contribution in [0.1, 0.15) is 12.7 Å². The Hall–Kier alpha value is -2.80. The number of nitrogens with zero attached hydrogens (tertiary/aromatic N) is 4. The number of aryl methyl sites for hydroxylation is 1. The molecule has 0 aliphatic rings. The number of carbonyl (C=O) groups is 1. The van der Waals surface area contributed by atoms with Crippen LogP contribution in [-0.4, -0.2) is 38.9 Å². The molecule has 0 unspecified atom stereocenters. The molecule has 7 heteroatoms. The SMILES string of the molecule is CCOCC(=O)Nc1ccc(-c2ccc3nnc(C)n3n2)cc1. The van der Waals surface area contributed by atoms with Crippen LogP contribution in [0.15, 0.2) is 36.4 Å². The number of fused-ring (bicyclic) bond motifs is 1. The Kier molecular flexibility index (Phi) is 4.29. The van der Waals surface area contributed by atoms with Gasteiger partial charge >= 0.3 is 0 Å². The van der Waals surface area contributed by atoms with Gasteiger partial charge < -0.3 is 10.1 Å². The van der Waals surface area contributed by atoms with E-state index in [1.165, 1.54) is 0 Å². The summed E-state index contributed by atoms with van der Waals surface area (Å²) < 4.78 is 6.77. The number of hydrogen-bond donors (Lipinski definition) is 1. The van der Waals surface area contributed by atoms with Crippen LogP contribution in [0.3, 0.4) is 0 Å². The second kappa shape index (κ2) is 6.53. The van der Waals surface area contributed by atoms with E-state index >= 15 is 0 Å². The van der Waals surface area contributed by atoms with Crippen molar-refractivity contribution in [1.29, 1.82) is 0 Å². The molecular weight excluding hydrogens is 294 g/mol. The first-order valence-corrected chi connectivity index (χ1v) is 7.34. The molecule has 3 rings (SSSR count). The van der Waals surface area contributed by atoms with E-state index in [9.17, 15) is 4.79 Å². The highest BCUT2D eigenvalue weighted by Gasteiger charge is 2.06. The lowest BCUT2D eigenvalue weighted by Gasteiger charge is -2.07. The normalized spacial score (nSPS) is 10.9. The Balaban J connectivity index is 1.77. The minimum absolute atomic E-state index is 0.0589. The fourth-order valence-electron chi connectivity index (χ4n) is 2.17. The van der Waals surface area contributed by atoms with Crippen LogP contribution in [0, 0.1) is 6.92 Å². The molecule has 2 aromatic heterocycles. The van der Waals surface area contributed by atoms with E-state index < -0.39 is 0 Å². The Labute approximate surface area is 133 Å². The maximum atomic E-state index is 11.6. The summed E-state index contributed by atoms with van der Waals surface area (Å²) in [5.74, 6) is 0.570. The number of hydrogen-bond acceptors (Lipinski definition) is 5. The van der Waals surface area contributed by atoms with Crippen molar-refractivity contribution >= 4 is 17.2 Å². The third-order valence-electron chi connectivity index (χ3n) is 3.32. The molecule has 1 amide bonds. The third-order valence-corrected chi connectivity index (χ3v) is 3.32. The number of ether oxygens (including phenoxy) is 1. The van der Waals surface area contributed by atoms with E-state index in [4.69, 9.17) is 4.74 Å². The van der Waals surface area contributed by atoms with Crippen molar-refractivity contribution in [3.05, 3.63) is 42.2 Å². The third kappa shape index (κ3) is 3.35. The number of amides is 1. The molecular formula is C16H17N5O2. The number of carbonyl (C=O) groups excluding carboxylic acids is 1. The number of benzene rings is 1. The Morgan fingerprint density at radius 3 is 2.70 bits per heavy atom. The highest BCUT2D eigenvalue weighted by atomic mass is 16.5. The molecule has 118 valence electrons. The first-order valence-electron chi connectivity index (χ1n) is 7.34. The molecule has 0 saturated heterocycles. The summed E-state index contributed by atoms with van der Waals surface area (Å²) in [6.07, 6.45) is 0. The second-order valence-electron chi connectivity index (χ2n) is 5.00. The van der Waals surface area contributed by atoms with Gasteiger partial charge in [-0.25, -0.2) is 0 Å². The van der Waals surface area contributed by atoms with Gasteiger partial charge in [-0.1, -0.05) is 12.1 Å². The highest BCUT2D eigenvalue weighted by molar-refractivity contribution is 5.91. The van der Waals surface area contributed by atoms with Crippen LogP contribution in [-0.2, 0) is 9.53 Å². The predicted molar refractivity (Wildman–Crippen MR) is 86.1 cm³/mol. The van der Waals surface area contributed by atoms with Gasteiger partial charge in [0.05, 0.1) is 5.69 Å². The zero-order chi connectivity index (χ0) is 16.2. The molecule has 0 bridgehead atoms. The van der Waals surface area contributed by atoms with Crippen molar-refractivity contribution in [2.45, 2.75) is 13.8 Å². The average molecular weight is 311 g/mol. The van der Waals surface area contributed by atoms with Gasteiger partial charge in [0.1, 0.15) is 6.61 Å². The molecule has 0 aliphatic heterocycles. The van der Waals surface area contributed by atoms with Crippen LogP contribution < -0.4 is 5.32 Å². The molecule has 0 radical (unpaired) electrons. The van der Waals surface area contributed by atoms with E-state index in [2.05, 4.69) is 20.6 Å². The van der Waals surface area contributed by atoms with Gasteiger partial charge in [0, 0.05) is 17.9 Å². The topological polar surface area (TPSA) is 81.4 Å². The van der Waals surface area contributed by atoms with Crippen molar-refractivity contribution in [3.8, 4) is 11.3 Å². The predicted octanol–water partition coefficient (Wildman–Crippen LogP) is 2.07. The van der Waals surface area contributed by atoms with Crippen LogP contribution in [0.25, 0.3) is 16.9 Å². The Bertz CT molecular complexity index is 826. The first kappa shape index (κ1) is 15.1. The molecule has 0 saturated carbocycles. The first-order chi connectivity index (χ1) is 11.2. The minimum Gasteiger partial charge on any atom is -0.372 e. The van der Waals surface area contributed by atoms with Crippen molar-refractivity contribution in [2.75, 3.05) is 18.5 Å². The molecule has 0 aliphatic carbocycles. The van der Waals surface area contributed by atoms with Crippen LogP contribution in [0.4, 0.5) is 5.69 Å². The van der Waals surface area contributed by atoms with Gasteiger partial charge in [0.25, 0.3) is 0 Å². The molecule has 23 heavy (non-hydrogen) atoms. The van der Waals surface area contributed by atoms with Crippen molar-refractivity contribution in [3.63, 3.8) is 0 Å². The van der Waals surface area contributed by atoms with Gasteiger partial charge in [0.2, 0.25) is 5.91 Å². The standard InChI is InChI=1S/C16H17N5O2/c1-3-23-10-16(22)17-13-6-4-12(5-7-13)14-8-9-15-19-18-11(2)21(15)20-14/h4-9H,3,10H2,1-2H3,(H,17,22). The van der Waals surface area contributed by atoms with Gasteiger partial charge in [-0.2, -0.15) is 9.61 Å². The van der Waals surface area contributed by atoms with E-state index in [-0.39, 0.29) is 12.5 Å². The van der Waals surface area contributed by atoms with Gasteiger partial charge in [0.15, 0.2) is 11.5 Å². The number of rotatable bonds is 5. The molecule has 3 aromatic rings. The molecule has 0 spiro atoms. The summed E-state index contributed by atoms with van der Waals surface area (Å²) in [6.45, 7) is 4.28. The fourth-order valence-corrected chi connectivity index (χ4v) is 2.17. The Morgan fingerprint density at radius 2 is 1.96 bits per heavy atom. The molecule has 2 heterocycles. The van der Waals surface area contributed by atoms with Crippen LogP contribution >= 0.6 is 0 Å². The lowest BCUT2D eigenvalue weighted by molar-refractivity contribution is -0.120. The minimum atomic E-state index is -0.167. The lowest BCUT2D eigenvalue weighted by atomic mass is 10.1. The van der Waals surface area contributed by atoms with Crippen molar-refractivity contribution in [2.24, 2.45) is 0 Å². The lowest BCUT2D eigenvalue weighted by Crippen LogP contribution is -2.18. The van der Waals surface area contributed by atoms with Gasteiger partial charge in [-0.05, 0) is 38.1 Å². The number of nitrogens with one attached hydrogen (secondary N) is 1. The highest BCUT2D eigenvalue weighted by Crippen LogP contribution is 2.20. The van der Waals surface area contributed by atoms with E-state index in [0.29, 0.717) is 12.3 Å².